The first-order valence-electron chi connectivity index (χ1n) is 5.23. The van der Waals surface area contributed by atoms with E-state index >= 15 is 0 Å². The monoisotopic (exact) mass is 232 g/mol. The van der Waals surface area contributed by atoms with Crippen molar-refractivity contribution in [3.05, 3.63) is 53.2 Å². The van der Waals surface area contributed by atoms with Gasteiger partial charge in [0.15, 0.2) is 0 Å². The van der Waals surface area contributed by atoms with Crippen molar-refractivity contribution in [2.75, 3.05) is 5.43 Å². The highest BCUT2D eigenvalue weighted by molar-refractivity contribution is 5.35. The molecule has 0 saturated heterocycles. The quantitative estimate of drug-likeness (QED) is 0.625. The second-order valence-corrected chi connectivity index (χ2v) is 3.72. The SMILES string of the molecule is Cc1cc(NN)nc(Cc2ccccc2F)n1. The van der Waals surface area contributed by atoms with E-state index in [2.05, 4.69) is 15.4 Å². The summed E-state index contributed by atoms with van der Waals surface area (Å²) in [6, 6.07) is 8.31. The maximum Gasteiger partial charge on any atom is 0.143 e. The summed E-state index contributed by atoms with van der Waals surface area (Å²) in [6.07, 6.45) is 0.350. The van der Waals surface area contributed by atoms with Crippen LogP contribution in [0.5, 0.6) is 0 Å². The van der Waals surface area contributed by atoms with Crippen LogP contribution in [0, 0.1) is 12.7 Å². The third-order valence-corrected chi connectivity index (χ3v) is 2.35. The molecule has 2 aromatic rings. The first-order valence-corrected chi connectivity index (χ1v) is 5.23. The first-order chi connectivity index (χ1) is 8.19. The molecule has 0 radical (unpaired) electrons. The molecule has 3 N–H and O–H groups in total. The molecule has 5 heteroatoms. The van der Waals surface area contributed by atoms with E-state index in [1.807, 2.05) is 6.92 Å². The van der Waals surface area contributed by atoms with Crippen LogP contribution in [0.2, 0.25) is 0 Å². The van der Waals surface area contributed by atoms with E-state index in [4.69, 9.17) is 5.84 Å². The van der Waals surface area contributed by atoms with Crippen LogP contribution in [-0.4, -0.2) is 9.97 Å². The van der Waals surface area contributed by atoms with Crippen LogP contribution in [-0.2, 0) is 6.42 Å². The van der Waals surface area contributed by atoms with E-state index in [-0.39, 0.29) is 5.82 Å². The molecule has 1 aromatic heterocycles. The van der Waals surface area contributed by atoms with Gasteiger partial charge in [-0.2, -0.15) is 0 Å². The number of hydrogen-bond donors (Lipinski definition) is 2. The van der Waals surface area contributed by atoms with Crippen molar-refractivity contribution in [2.24, 2.45) is 5.84 Å². The van der Waals surface area contributed by atoms with Gasteiger partial charge in [0.2, 0.25) is 0 Å². The Bertz CT molecular complexity index is 528. The zero-order valence-corrected chi connectivity index (χ0v) is 9.44. The summed E-state index contributed by atoms with van der Waals surface area (Å²) in [5.41, 5.74) is 3.83. The lowest BCUT2D eigenvalue weighted by molar-refractivity contribution is 0.612. The zero-order chi connectivity index (χ0) is 12.3. The van der Waals surface area contributed by atoms with Crippen molar-refractivity contribution >= 4 is 5.82 Å². The predicted molar refractivity (Wildman–Crippen MR) is 63.8 cm³/mol. The molecule has 0 amide bonds. The zero-order valence-electron chi connectivity index (χ0n) is 9.44. The van der Waals surface area contributed by atoms with Gasteiger partial charge in [-0.25, -0.2) is 20.2 Å². The van der Waals surface area contributed by atoms with E-state index < -0.39 is 0 Å². The van der Waals surface area contributed by atoms with E-state index in [9.17, 15) is 4.39 Å². The number of aromatic nitrogens is 2. The number of nitrogens with two attached hydrogens (primary N) is 1. The van der Waals surface area contributed by atoms with Crippen LogP contribution in [0.15, 0.2) is 30.3 Å². The fraction of sp³-hybridized carbons (Fsp3) is 0.167. The summed E-state index contributed by atoms with van der Waals surface area (Å²) in [4.78, 5) is 8.42. The van der Waals surface area contributed by atoms with Crippen LogP contribution in [0.1, 0.15) is 17.1 Å². The molecule has 4 nitrogen and oxygen atoms in total. The molecule has 1 heterocycles. The molecule has 0 bridgehead atoms. The number of halogens is 1. The molecule has 0 atom stereocenters. The molecular weight excluding hydrogens is 219 g/mol. The summed E-state index contributed by atoms with van der Waals surface area (Å²) in [7, 11) is 0. The highest BCUT2D eigenvalue weighted by atomic mass is 19.1. The Morgan fingerprint density at radius 2 is 2.06 bits per heavy atom. The van der Waals surface area contributed by atoms with Crippen LogP contribution >= 0.6 is 0 Å². The third kappa shape index (κ3) is 2.76. The largest absolute Gasteiger partial charge is 0.308 e. The Balaban J connectivity index is 2.30. The van der Waals surface area contributed by atoms with E-state index in [0.717, 1.165) is 5.69 Å². The second-order valence-electron chi connectivity index (χ2n) is 3.72. The predicted octanol–water partition coefficient (Wildman–Crippen LogP) is 1.80. The van der Waals surface area contributed by atoms with Gasteiger partial charge < -0.3 is 5.43 Å². The number of hydrazine groups is 1. The third-order valence-electron chi connectivity index (χ3n) is 2.35. The molecule has 0 aliphatic carbocycles. The summed E-state index contributed by atoms with van der Waals surface area (Å²) in [5, 5.41) is 0. The molecule has 0 fully saturated rings. The molecule has 0 saturated carbocycles. The molecule has 0 aliphatic rings. The minimum absolute atomic E-state index is 0.250. The van der Waals surface area contributed by atoms with Gasteiger partial charge in [-0.3, -0.25) is 0 Å². The van der Waals surface area contributed by atoms with Crippen molar-refractivity contribution < 1.29 is 4.39 Å². The lowest BCUT2D eigenvalue weighted by atomic mass is 10.1. The average molecular weight is 232 g/mol. The van der Waals surface area contributed by atoms with Crippen LogP contribution < -0.4 is 11.3 Å². The number of nitrogens with zero attached hydrogens (tertiary/aromatic N) is 2. The van der Waals surface area contributed by atoms with Crippen LogP contribution in [0.3, 0.4) is 0 Å². The molecular formula is C12H13FN4. The van der Waals surface area contributed by atoms with Crippen molar-refractivity contribution in [3.8, 4) is 0 Å². The normalized spacial score (nSPS) is 10.3. The minimum Gasteiger partial charge on any atom is -0.308 e. The van der Waals surface area contributed by atoms with Crippen LogP contribution in [0.4, 0.5) is 10.2 Å². The highest BCUT2D eigenvalue weighted by Crippen LogP contribution is 2.12. The Morgan fingerprint density at radius 3 is 2.76 bits per heavy atom. The van der Waals surface area contributed by atoms with E-state index in [1.165, 1.54) is 6.07 Å². The lowest BCUT2D eigenvalue weighted by Crippen LogP contribution is -2.11. The molecule has 17 heavy (non-hydrogen) atoms. The van der Waals surface area contributed by atoms with Gasteiger partial charge in [0.25, 0.3) is 0 Å². The summed E-state index contributed by atoms with van der Waals surface area (Å²) in [5.74, 6) is 6.12. The van der Waals surface area contributed by atoms with Gasteiger partial charge in [-0.1, -0.05) is 18.2 Å². The van der Waals surface area contributed by atoms with Gasteiger partial charge in [0.1, 0.15) is 17.5 Å². The van der Waals surface area contributed by atoms with E-state index in [1.54, 1.807) is 24.3 Å². The molecule has 88 valence electrons. The fourth-order valence-corrected chi connectivity index (χ4v) is 1.60. The topological polar surface area (TPSA) is 63.8 Å². The van der Waals surface area contributed by atoms with Gasteiger partial charge in [0.05, 0.1) is 0 Å². The Hall–Kier alpha value is -2.01. The number of benzene rings is 1. The number of hydrogen-bond acceptors (Lipinski definition) is 4. The van der Waals surface area contributed by atoms with Crippen molar-refractivity contribution in [1.82, 2.24) is 9.97 Å². The molecule has 0 unspecified atom stereocenters. The van der Waals surface area contributed by atoms with Crippen molar-refractivity contribution in [2.45, 2.75) is 13.3 Å². The highest BCUT2D eigenvalue weighted by Gasteiger charge is 2.06. The standard InChI is InChI=1S/C12H13FN4/c1-8-6-12(17-14)16-11(15-8)7-9-4-2-3-5-10(9)13/h2-6H,7,14H2,1H3,(H,15,16,17). The average Bonchev–Trinajstić information content (AvgIpc) is 2.31. The minimum atomic E-state index is -0.250. The summed E-state index contributed by atoms with van der Waals surface area (Å²) in [6.45, 7) is 1.84. The molecule has 1 aromatic carbocycles. The first kappa shape index (κ1) is 11.5. The maximum atomic E-state index is 13.5. The number of nitrogens with one attached hydrogen (secondary N) is 1. The Kier molecular flexibility index (Phi) is 3.30. The number of rotatable bonds is 3. The number of aryl methyl sites for hydroxylation is 1. The maximum absolute atomic E-state index is 13.5. The summed E-state index contributed by atoms with van der Waals surface area (Å²) < 4.78 is 13.5. The lowest BCUT2D eigenvalue weighted by Gasteiger charge is -2.06. The van der Waals surface area contributed by atoms with Crippen molar-refractivity contribution in [1.29, 1.82) is 0 Å². The molecule has 0 spiro atoms. The van der Waals surface area contributed by atoms with Crippen molar-refractivity contribution in [3.63, 3.8) is 0 Å². The molecule has 2 rings (SSSR count). The number of anilines is 1. The van der Waals surface area contributed by atoms with Gasteiger partial charge in [0, 0.05) is 18.2 Å². The van der Waals surface area contributed by atoms with Gasteiger partial charge >= 0.3 is 0 Å². The van der Waals surface area contributed by atoms with Gasteiger partial charge in [-0.05, 0) is 18.6 Å². The second kappa shape index (κ2) is 4.88. The van der Waals surface area contributed by atoms with E-state index in [0.29, 0.717) is 23.6 Å². The smallest absolute Gasteiger partial charge is 0.143 e. The summed E-state index contributed by atoms with van der Waals surface area (Å²) >= 11 is 0. The Morgan fingerprint density at radius 1 is 1.29 bits per heavy atom. The fourth-order valence-electron chi connectivity index (χ4n) is 1.60. The van der Waals surface area contributed by atoms with Gasteiger partial charge in [-0.15, -0.1) is 0 Å². The molecule has 0 aliphatic heterocycles. The van der Waals surface area contributed by atoms with Crippen LogP contribution in [0.25, 0.3) is 0 Å². The number of nitrogen functional groups attached to an aromatic ring is 1. The Labute approximate surface area is 98.7 Å².